The number of aromatic nitrogens is 5. The molecule has 0 amide bonds. The summed E-state index contributed by atoms with van der Waals surface area (Å²) in [4.78, 5) is 15.9. The average molecular weight is 1050 g/mol. The van der Waals surface area contributed by atoms with E-state index in [1.807, 2.05) is 6.20 Å². The molecule has 0 aliphatic heterocycles. The van der Waals surface area contributed by atoms with E-state index in [1.54, 1.807) is 0 Å². The largest absolute Gasteiger partial charge is 2.00 e. The fourth-order valence-corrected chi connectivity index (χ4v) is 10.4. The van der Waals surface area contributed by atoms with E-state index in [9.17, 15) is 0 Å². The molecule has 0 atom stereocenters. The SMILES string of the molecule is Cc1cc(-c2c(C(C)C)cccc2C(C)C)cc2c3ccc(-c4cccc5c4nc(-c4cccc6c4[n-]c4ccccc46)n5-c4ccccc4)[c-]c3n(-c3cc(-c4ccccc4)ccn3)c12.[Pt+2]. The van der Waals surface area contributed by atoms with E-state index < -0.39 is 0 Å². The van der Waals surface area contributed by atoms with Gasteiger partial charge in [0.2, 0.25) is 0 Å². The number of fused-ring (bicyclic) bond motifs is 7. The second kappa shape index (κ2) is 16.8. The van der Waals surface area contributed by atoms with E-state index in [0.717, 1.165) is 94.4 Å². The standard InChI is InChI=1S/C61H47N5.Pt/c1-37(2)45-22-14-23-46(38(3)4)57(45)43-33-39(5)60-52(34-43)49-30-29-42(35-55(49)66(60)56-36-41(31-32-62-56)40-17-8-6-9-18-40)47-24-16-28-54-59(47)64-61(65(54)44-19-10-7-11-20-44)51-26-15-25-50-48-21-12-13-27-53(48)63-58(50)51;/h6-34,36-38H,1-5H3;/q-2;+2. The van der Waals surface area contributed by atoms with Crippen molar-refractivity contribution in [3.05, 3.63) is 205 Å². The minimum atomic E-state index is 0. The molecule has 0 saturated carbocycles. The van der Waals surface area contributed by atoms with E-state index >= 15 is 0 Å². The van der Waals surface area contributed by atoms with Crippen LogP contribution in [0.25, 0.3) is 111 Å². The number of para-hydroxylation sites is 4. The number of aryl methyl sites for hydroxylation is 1. The van der Waals surface area contributed by atoms with E-state index in [4.69, 9.17) is 15.0 Å². The van der Waals surface area contributed by atoms with Crippen LogP contribution in [0.4, 0.5) is 0 Å². The molecule has 0 unspecified atom stereocenters. The Morgan fingerprint density at radius 1 is 0.552 bits per heavy atom. The minimum Gasteiger partial charge on any atom is -0.656 e. The fourth-order valence-electron chi connectivity index (χ4n) is 10.4. The number of rotatable bonds is 8. The van der Waals surface area contributed by atoms with Crippen LogP contribution < -0.4 is 4.98 Å². The summed E-state index contributed by atoms with van der Waals surface area (Å²) in [5.74, 6) is 2.44. The van der Waals surface area contributed by atoms with Crippen molar-refractivity contribution in [1.82, 2.24) is 24.1 Å². The van der Waals surface area contributed by atoms with Gasteiger partial charge in [-0.2, -0.15) is 0 Å². The molecule has 12 aromatic rings. The van der Waals surface area contributed by atoms with Gasteiger partial charge < -0.3 is 9.55 Å². The summed E-state index contributed by atoms with van der Waals surface area (Å²) in [5, 5.41) is 4.58. The van der Waals surface area contributed by atoms with E-state index in [-0.39, 0.29) is 21.1 Å². The van der Waals surface area contributed by atoms with Gasteiger partial charge in [-0.1, -0.05) is 166 Å². The zero-order chi connectivity index (χ0) is 44.6. The first kappa shape index (κ1) is 42.3. The maximum Gasteiger partial charge on any atom is 2.00 e. The maximum atomic E-state index is 5.59. The molecule has 12 rings (SSSR count). The molecule has 0 aliphatic carbocycles. The van der Waals surface area contributed by atoms with Crippen molar-refractivity contribution in [2.24, 2.45) is 0 Å². The molecule has 0 aliphatic rings. The first-order valence-corrected chi connectivity index (χ1v) is 23.0. The number of benzene rings is 8. The molecule has 4 aromatic heterocycles. The summed E-state index contributed by atoms with van der Waals surface area (Å²) in [6.45, 7) is 11.5. The van der Waals surface area contributed by atoms with Crippen LogP contribution in [0, 0.1) is 13.0 Å². The molecule has 5 nitrogen and oxygen atoms in total. The van der Waals surface area contributed by atoms with E-state index in [1.165, 1.54) is 33.2 Å². The molecule has 0 bridgehead atoms. The molecule has 0 saturated heterocycles. The Bertz CT molecular complexity index is 3810. The van der Waals surface area contributed by atoms with Gasteiger partial charge in [0.05, 0.1) is 11.0 Å². The van der Waals surface area contributed by atoms with E-state index in [2.05, 4.69) is 226 Å². The van der Waals surface area contributed by atoms with Crippen LogP contribution in [0.3, 0.4) is 0 Å². The van der Waals surface area contributed by atoms with Crippen LogP contribution in [0.5, 0.6) is 0 Å². The molecule has 326 valence electrons. The number of hydrogen-bond donors (Lipinski definition) is 0. The third kappa shape index (κ3) is 6.95. The van der Waals surface area contributed by atoms with Crippen molar-refractivity contribution in [2.75, 3.05) is 0 Å². The Labute approximate surface area is 405 Å². The Morgan fingerprint density at radius 2 is 1.24 bits per heavy atom. The zero-order valence-electron chi connectivity index (χ0n) is 38.0. The minimum absolute atomic E-state index is 0. The molecule has 0 spiro atoms. The van der Waals surface area contributed by atoms with Crippen LogP contribution in [-0.2, 0) is 21.1 Å². The van der Waals surface area contributed by atoms with Gasteiger partial charge in [0.1, 0.15) is 11.6 Å². The monoisotopic (exact) mass is 1040 g/mol. The third-order valence-electron chi connectivity index (χ3n) is 13.4. The van der Waals surface area contributed by atoms with Gasteiger partial charge in [-0.3, -0.25) is 4.57 Å². The maximum absolute atomic E-state index is 5.59. The molecular formula is C61H47N5Pt. The van der Waals surface area contributed by atoms with Crippen LogP contribution >= 0.6 is 0 Å². The summed E-state index contributed by atoms with van der Waals surface area (Å²) < 4.78 is 4.62. The van der Waals surface area contributed by atoms with Gasteiger partial charge in [0.15, 0.2) is 0 Å². The predicted molar refractivity (Wildman–Crippen MR) is 275 cm³/mol. The Balaban J connectivity index is 0.00000494. The molecule has 0 fully saturated rings. The van der Waals surface area contributed by atoms with Crippen LogP contribution in [0.2, 0.25) is 0 Å². The Hall–Kier alpha value is -7.33. The summed E-state index contributed by atoms with van der Waals surface area (Å²) >= 11 is 0. The molecule has 0 N–H and O–H groups in total. The quantitative estimate of drug-likeness (QED) is 0.143. The molecular weight excluding hydrogens is 998 g/mol. The Kier molecular flexibility index (Phi) is 10.6. The van der Waals surface area contributed by atoms with Gasteiger partial charge in [-0.15, -0.1) is 34.8 Å². The average Bonchev–Trinajstić information content (AvgIpc) is 4.04. The Morgan fingerprint density at radius 3 is 2.01 bits per heavy atom. The summed E-state index contributed by atoms with van der Waals surface area (Å²) in [6, 6.07) is 66.9. The smallest absolute Gasteiger partial charge is 0.656 e. The van der Waals surface area contributed by atoms with Crippen LogP contribution in [-0.4, -0.2) is 19.1 Å². The van der Waals surface area contributed by atoms with Crippen molar-refractivity contribution in [2.45, 2.75) is 46.5 Å². The van der Waals surface area contributed by atoms with E-state index in [0.29, 0.717) is 11.8 Å². The molecule has 6 heteroatoms. The summed E-state index contributed by atoms with van der Waals surface area (Å²) in [5.41, 5.74) is 18.7. The summed E-state index contributed by atoms with van der Waals surface area (Å²) in [6.07, 6.45) is 1.93. The molecule has 4 heterocycles. The number of imidazole rings is 1. The third-order valence-corrected chi connectivity index (χ3v) is 13.4. The second-order valence-electron chi connectivity index (χ2n) is 18.2. The summed E-state index contributed by atoms with van der Waals surface area (Å²) in [7, 11) is 0. The van der Waals surface area contributed by atoms with Crippen molar-refractivity contribution in [3.63, 3.8) is 0 Å². The fraction of sp³-hybridized carbons (Fsp3) is 0.115. The predicted octanol–water partition coefficient (Wildman–Crippen LogP) is 15.8. The number of nitrogens with zero attached hydrogens (tertiary/aromatic N) is 5. The molecule has 8 aromatic carbocycles. The van der Waals surface area contributed by atoms with Crippen molar-refractivity contribution in [1.29, 1.82) is 0 Å². The van der Waals surface area contributed by atoms with Crippen molar-refractivity contribution >= 4 is 54.6 Å². The van der Waals surface area contributed by atoms with Gasteiger partial charge >= 0.3 is 21.1 Å². The van der Waals surface area contributed by atoms with Crippen LogP contribution in [0.1, 0.15) is 56.2 Å². The topological polar surface area (TPSA) is 49.7 Å². The van der Waals surface area contributed by atoms with Crippen molar-refractivity contribution < 1.29 is 21.1 Å². The molecule has 0 radical (unpaired) electrons. The first-order valence-electron chi connectivity index (χ1n) is 23.0. The van der Waals surface area contributed by atoms with Crippen molar-refractivity contribution in [3.8, 4) is 56.3 Å². The second-order valence-corrected chi connectivity index (χ2v) is 18.2. The number of hydrogen-bond acceptors (Lipinski definition) is 2. The van der Waals surface area contributed by atoms with Gasteiger partial charge in [0.25, 0.3) is 0 Å². The zero-order valence-corrected chi connectivity index (χ0v) is 40.3. The van der Waals surface area contributed by atoms with Gasteiger partial charge in [0, 0.05) is 23.0 Å². The normalized spacial score (nSPS) is 11.8. The van der Waals surface area contributed by atoms with Crippen LogP contribution in [0.15, 0.2) is 182 Å². The molecule has 67 heavy (non-hydrogen) atoms. The number of pyridine rings is 1. The first-order chi connectivity index (χ1) is 32.3. The van der Waals surface area contributed by atoms with Gasteiger partial charge in [-0.05, 0) is 116 Å². The van der Waals surface area contributed by atoms with Gasteiger partial charge in [-0.25, -0.2) is 9.97 Å².